The lowest BCUT2D eigenvalue weighted by Crippen LogP contribution is -2.37. The Hall–Kier alpha value is -0.830. The van der Waals surface area contributed by atoms with E-state index >= 15 is 0 Å². The van der Waals surface area contributed by atoms with Crippen molar-refractivity contribution in [2.45, 2.75) is 59.2 Å². The first-order chi connectivity index (χ1) is 7.61. The maximum absolute atomic E-state index is 4.05. The van der Waals surface area contributed by atoms with Gasteiger partial charge in [0.15, 0.2) is 0 Å². The molecule has 0 radical (unpaired) electrons. The van der Waals surface area contributed by atoms with Gasteiger partial charge >= 0.3 is 0 Å². The van der Waals surface area contributed by atoms with Crippen LogP contribution in [-0.4, -0.2) is 33.1 Å². The Balaban J connectivity index is 2.18. The van der Waals surface area contributed by atoms with E-state index in [-0.39, 0.29) is 0 Å². The Morgan fingerprint density at radius 2 is 1.81 bits per heavy atom. The summed E-state index contributed by atoms with van der Waals surface area (Å²) in [5.74, 6) is 0. The van der Waals surface area contributed by atoms with Gasteiger partial charge in [0.2, 0.25) is 0 Å². The smallest absolute Gasteiger partial charge is 0.0945 e. The number of hydrogen-bond donors (Lipinski definition) is 0. The summed E-state index contributed by atoms with van der Waals surface area (Å²) in [5, 5.41) is 0. The van der Waals surface area contributed by atoms with Gasteiger partial charge in [-0.25, -0.2) is 4.98 Å². The molecular weight excluding hydrogens is 198 g/mol. The lowest BCUT2D eigenvalue weighted by Gasteiger charge is -2.30. The van der Waals surface area contributed by atoms with E-state index in [1.807, 2.05) is 18.7 Å². The molecule has 1 aromatic heterocycles. The van der Waals surface area contributed by atoms with Gasteiger partial charge in [0.05, 0.1) is 6.33 Å². The molecule has 0 aliphatic heterocycles. The lowest BCUT2D eigenvalue weighted by atomic mass is 10.2. The summed E-state index contributed by atoms with van der Waals surface area (Å²) in [6.45, 7) is 11.4. The van der Waals surface area contributed by atoms with Crippen LogP contribution in [0.4, 0.5) is 0 Å². The highest BCUT2D eigenvalue weighted by molar-refractivity contribution is 4.74. The van der Waals surface area contributed by atoms with Crippen LogP contribution in [-0.2, 0) is 6.54 Å². The van der Waals surface area contributed by atoms with Crippen molar-refractivity contribution < 1.29 is 0 Å². The van der Waals surface area contributed by atoms with Crippen LogP contribution in [0.5, 0.6) is 0 Å². The SMILES string of the molecule is CC(C)N(CCCCn1ccnc1)C(C)C. The first-order valence-electron chi connectivity index (χ1n) is 6.32. The van der Waals surface area contributed by atoms with Crippen molar-refractivity contribution in [1.82, 2.24) is 14.5 Å². The predicted octanol–water partition coefficient (Wildman–Crippen LogP) is 2.78. The molecule has 3 heteroatoms. The largest absolute Gasteiger partial charge is 0.337 e. The van der Waals surface area contributed by atoms with Crippen LogP contribution in [0.15, 0.2) is 18.7 Å². The molecule has 0 bridgehead atoms. The fraction of sp³-hybridized carbons (Fsp3) is 0.769. The number of aryl methyl sites for hydroxylation is 1. The van der Waals surface area contributed by atoms with Crippen molar-refractivity contribution in [2.75, 3.05) is 6.54 Å². The minimum Gasteiger partial charge on any atom is -0.337 e. The molecule has 16 heavy (non-hydrogen) atoms. The van der Waals surface area contributed by atoms with Gasteiger partial charge in [-0.05, 0) is 47.1 Å². The summed E-state index contributed by atoms with van der Waals surface area (Å²) in [7, 11) is 0. The third kappa shape index (κ3) is 4.35. The molecule has 0 amide bonds. The molecule has 0 saturated heterocycles. The predicted molar refractivity (Wildman–Crippen MR) is 68.4 cm³/mol. The highest BCUT2D eigenvalue weighted by atomic mass is 15.2. The maximum Gasteiger partial charge on any atom is 0.0945 e. The van der Waals surface area contributed by atoms with Gasteiger partial charge in [0, 0.05) is 31.0 Å². The average molecular weight is 223 g/mol. The second kappa shape index (κ2) is 6.69. The summed E-state index contributed by atoms with van der Waals surface area (Å²) in [6, 6.07) is 1.29. The molecular formula is C13H25N3. The second-order valence-electron chi connectivity index (χ2n) is 4.93. The Bertz CT molecular complexity index is 257. The molecule has 0 fully saturated rings. The van der Waals surface area contributed by atoms with Gasteiger partial charge in [-0.15, -0.1) is 0 Å². The minimum absolute atomic E-state index is 0.647. The second-order valence-corrected chi connectivity index (χ2v) is 4.93. The molecule has 0 aromatic carbocycles. The fourth-order valence-electron chi connectivity index (χ4n) is 2.12. The van der Waals surface area contributed by atoms with E-state index < -0.39 is 0 Å². The normalized spacial score (nSPS) is 11.9. The lowest BCUT2D eigenvalue weighted by molar-refractivity contribution is 0.171. The van der Waals surface area contributed by atoms with Crippen molar-refractivity contribution in [3.8, 4) is 0 Å². The van der Waals surface area contributed by atoms with Crippen molar-refractivity contribution in [1.29, 1.82) is 0 Å². The van der Waals surface area contributed by atoms with E-state index in [1.165, 1.54) is 19.4 Å². The van der Waals surface area contributed by atoms with E-state index in [4.69, 9.17) is 0 Å². The zero-order valence-electron chi connectivity index (χ0n) is 11.1. The van der Waals surface area contributed by atoms with E-state index in [0.29, 0.717) is 12.1 Å². The Morgan fingerprint density at radius 1 is 1.12 bits per heavy atom. The van der Waals surface area contributed by atoms with Crippen LogP contribution in [0.2, 0.25) is 0 Å². The van der Waals surface area contributed by atoms with E-state index in [9.17, 15) is 0 Å². The Morgan fingerprint density at radius 3 is 2.31 bits per heavy atom. The summed E-state index contributed by atoms with van der Waals surface area (Å²) >= 11 is 0. The first kappa shape index (κ1) is 13.2. The number of nitrogens with zero attached hydrogens (tertiary/aromatic N) is 3. The third-order valence-corrected chi connectivity index (χ3v) is 2.97. The fourth-order valence-corrected chi connectivity index (χ4v) is 2.12. The summed E-state index contributed by atoms with van der Waals surface area (Å²) in [4.78, 5) is 6.59. The summed E-state index contributed by atoms with van der Waals surface area (Å²) < 4.78 is 2.15. The molecule has 92 valence electrons. The van der Waals surface area contributed by atoms with Crippen molar-refractivity contribution in [3.63, 3.8) is 0 Å². The van der Waals surface area contributed by atoms with E-state index in [0.717, 1.165) is 6.54 Å². The standard InChI is InChI=1S/C13H25N3/c1-12(2)16(13(3)4)9-6-5-8-15-10-7-14-11-15/h7,10-13H,5-6,8-9H2,1-4H3. The number of imidazole rings is 1. The Labute approximate surface area is 99.5 Å². The van der Waals surface area contributed by atoms with Gasteiger partial charge in [-0.3, -0.25) is 4.90 Å². The Kier molecular flexibility index (Phi) is 5.53. The van der Waals surface area contributed by atoms with E-state index in [2.05, 4.69) is 42.1 Å². The molecule has 0 atom stereocenters. The molecule has 0 aliphatic carbocycles. The van der Waals surface area contributed by atoms with Gasteiger partial charge in [-0.2, -0.15) is 0 Å². The van der Waals surface area contributed by atoms with Crippen LogP contribution >= 0.6 is 0 Å². The topological polar surface area (TPSA) is 21.1 Å². The van der Waals surface area contributed by atoms with Crippen LogP contribution in [0.1, 0.15) is 40.5 Å². The molecule has 0 aliphatic rings. The van der Waals surface area contributed by atoms with Crippen LogP contribution in [0.3, 0.4) is 0 Å². The van der Waals surface area contributed by atoms with E-state index in [1.54, 1.807) is 0 Å². The highest BCUT2D eigenvalue weighted by Gasteiger charge is 2.11. The van der Waals surface area contributed by atoms with Crippen molar-refractivity contribution in [2.24, 2.45) is 0 Å². The van der Waals surface area contributed by atoms with Crippen molar-refractivity contribution in [3.05, 3.63) is 18.7 Å². The zero-order chi connectivity index (χ0) is 12.0. The first-order valence-corrected chi connectivity index (χ1v) is 6.32. The molecule has 0 saturated carbocycles. The molecule has 0 N–H and O–H groups in total. The van der Waals surface area contributed by atoms with Gasteiger partial charge < -0.3 is 4.57 Å². The van der Waals surface area contributed by atoms with Crippen LogP contribution in [0, 0.1) is 0 Å². The molecule has 3 nitrogen and oxygen atoms in total. The third-order valence-electron chi connectivity index (χ3n) is 2.97. The number of rotatable bonds is 7. The van der Waals surface area contributed by atoms with Crippen LogP contribution in [0.25, 0.3) is 0 Å². The molecule has 1 heterocycles. The highest BCUT2D eigenvalue weighted by Crippen LogP contribution is 2.07. The van der Waals surface area contributed by atoms with Gasteiger partial charge in [0.1, 0.15) is 0 Å². The maximum atomic E-state index is 4.05. The number of hydrogen-bond acceptors (Lipinski definition) is 2. The minimum atomic E-state index is 0.647. The zero-order valence-corrected chi connectivity index (χ0v) is 11.1. The van der Waals surface area contributed by atoms with Gasteiger partial charge in [-0.1, -0.05) is 0 Å². The average Bonchev–Trinajstić information content (AvgIpc) is 2.68. The molecule has 0 spiro atoms. The quantitative estimate of drug-likeness (QED) is 0.663. The number of aromatic nitrogens is 2. The van der Waals surface area contributed by atoms with Crippen LogP contribution < -0.4 is 0 Å². The molecule has 0 unspecified atom stereocenters. The summed E-state index contributed by atoms with van der Waals surface area (Å²) in [5.41, 5.74) is 0. The molecule has 1 aromatic rings. The van der Waals surface area contributed by atoms with Gasteiger partial charge in [0.25, 0.3) is 0 Å². The van der Waals surface area contributed by atoms with Crippen molar-refractivity contribution >= 4 is 0 Å². The molecule has 1 rings (SSSR count). The monoisotopic (exact) mass is 223 g/mol. The number of unbranched alkanes of at least 4 members (excludes halogenated alkanes) is 1. The summed E-state index contributed by atoms with van der Waals surface area (Å²) in [6.07, 6.45) is 8.25.